The fraction of sp³-hybridized carbons (Fsp3) is 0.875. The normalized spacial score (nSPS) is 35.9. The molecule has 11 heavy (non-hydrogen) atoms. The first-order valence-electron chi connectivity index (χ1n) is 4.03. The van der Waals surface area contributed by atoms with Gasteiger partial charge >= 0.3 is 0 Å². The second-order valence-corrected chi connectivity index (χ2v) is 5.29. The Bertz CT molecular complexity index is 158. The molecule has 0 bridgehead atoms. The number of nitrogens with zero attached hydrogens (tertiary/aromatic N) is 1. The third-order valence-corrected chi connectivity index (χ3v) is 3.59. The van der Waals surface area contributed by atoms with Crippen LogP contribution in [0.2, 0.25) is 0 Å². The van der Waals surface area contributed by atoms with Gasteiger partial charge in [-0.2, -0.15) is 10.5 Å². The Kier molecular flexibility index (Phi) is 3.10. The van der Waals surface area contributed by atoms with Crippen LogP contribution in [0.25, 0.3) is 0 Å². The summed E-state index contributed by atoms with van der Waals surface area (Å²) < 4.78 is 0. The molecule has 3 heteroatoms. The molecule has 1 fully saturated rings. The number of hydrogen-bond acceptors (Lipinski definition) is 2. The molecule has 1 aliphatic rings. The number of rotatable bonds is 2. The van der Waals surface area contributed by atoms with Crippen LogP contribution in [0.4, 0.5) is 0 Å². The van der Waals surface area contributed by atoms with Crippen LogP contribution in [0, 0.1) is 5.92 Å². The van der Waals surface area contributed by atoms with Crippen molar-refractivity contribution in [2.24, 2.45) is 5.92 Å². The SMILES string of the molecule is C=S(C)C1CC(C)CN1NC. The molecule has 0 aliphatic carbocycles. The van der Waals surface area contributed by atoms with Crippen molar-refractivity contribution >= 4 is 16.4 Å². The van der Waals surface area contributed by atoms with Crippen LogP contribution in [0.5, 0.6) is 0 Å². The number of nitrogens with one attached hydrogen (secondary N) is 1. The lowest BCUT2D eigenvalue weighted by molar-refractivity contribution is 0.236. The molecule has 0 spiro atoms. The van der Waals surface area contributed by atoms with Gasteiger partial charge < -0.3 is 0 Å². The van der Waals surface area contributed by atoms with E-state index in [-0.39, 0.29) is 10.5 Å². The van der Waals surface area contributed by atoms with Crippen molar-refractivity contribution in [2.75, 3.05) is 19.8 Å². The Hall–Kier alpha value is 0.140. The summed E-state index contributed by atoms with van der Waals surface area (Å²) >= 11 is 0. The molecule has 0 aromatic carbocycles. The zero-order chi connectivity index (χ0) is 8.43. The lowest BCUT2D eigenvalue weighted by Crippen LogP contribution is -2.38. The minimum Gasteiger partial charge on any atom is -0.257 e. The fourth-order valence-electron chi connectivity index (χ4n) is 1.62. The average Bonchev–Trinajstić information content (AvgIpc) is 2.30. The van der Waals surface area contributed by atoms with Gasteiger partial charge in [0.1, 0.15) is 0 Å². The summed E-state index contributed by atoms with van der Waals surface area (Å²) in [5, 5.41) is 2.98. The standard InChI is InChI=1S/C8H18N2S/c1-7-5-8(11(3)4)10(6-7)9-2/h7-9H,3,5-6H2,1-2,4H3. The highest BCUT2D eigenvalue weighted by Crippen LogP contribution is 2.30. The lowest BCUT2D eigenvalue weighted by atomic mass is 10.2. The van der Waals surface area contributed by atoms with Gasteiger partial charge in [-0.3, -0.25) is 5.43 Å². The summed E-state index contributed by atoms with van der Waals surface area (Å²) in [4.78, 5) is 0. The van der Waals surface area contributed by atoms with Crippen molar-refractivity contribution in [1.82, 2.24) is 10.4 Å². The minimum absolute atomic E-state index is 0.272. The fourth-order valence-corrected chi connectivity index (χ4v) is 2.90. The highest BCUT2D eigenvalue weighted by molar-refractivity contribution is 8.14. The molecule has 0 amide bonds. The maximum atomic E-state index is 4.10. The Morgan fingerprint density at radius 3 is 2.64 bits per heavy atom. The second kappa shape index (κ2) is 3.70. The molecular formula is C8H18N2S. The summed E-state index contributed by atoms with van der Waals surface area (Å²) in [7, 11) is 2.27. The Balaban J connectivity index is 2.57. The quantitative estimate of drug-likeness (QED) is 0.631. The predicted octanol–water partition coefficient (Wildman–Crippen LogP) is 1.12. The van der Waals surface area contributed by atoms with Crippen LogP contribution >= 0.6 is 10.5 Å². The molecule has 3 unspecified atom stereocenters. The van der Waals surface area contributed by atoms with Gasteiger partial charge in [-0.25, -0.2) is 5.01 Å². The highest BCUT2D eigenvalue weighted by atomic mass is 32.2. The molecule has 0 saturated carbocycles. The maximum Gasteiger partial charge on any atom is 0.0643 e. The van der Waals surface area contributed by atoms with E-state index in [4.69, 9.17) is 0 Å². The van der Waals surface area contributed by atoms with Crippen LogP contribution in [-0.4, -0.2) is 36.1 Å². The highest BCUT2D eigenvalue weighted by Gasteiger charge is 2.28. The van der Waals surface area contributed by atoms with Crippen LogP contribution in [0.15, 0.2) is 0 Å². The van der Waals surface area contributed by atoms with E-state index in [0.717, 1.165) is 5.92 Å². The van der Waals surface area contributed by atoms with E-state index in [9.17, 15) is 0 Å². The summed E-state index contributed by atoms with van der Waals surface area (Å²) in [5.41, 5.74) is 3.23. The summed E-state index contributed by atoms with van der Waals surface area (Å²) in [6, 6.07) is 0. The van der Waals surface area contributed by atoms with E-state index in [2.05, 4.69) is 29.5 Å². The van der Waals surface area contributed by atoms with Gasteiger partial charge in [0.05, 0.1) is 5.37 Å². The van der Waals surface area contributed by atoms with Crippen molar-refractivity contribution in [1.29, 1.82) is 0 Å². The van der Waals surface area contributed by atoms with Gasteiger partial charge in [-0.1, -0.05) is 12.8 Å². The van der Waals surface area contributed by atoms with Gasteiger partial charge in [0.15, 0.2) is 0 Å². The van der Waals surface area contributed by atoms with E-state index in [1.54, 1.807) is 0 Å². The van der Waals surface area contributed by atoms with E-state index >= 15 is 0 Å². The van der Waals surface area contributed by atoms with Crippen molar-refractivity contribution in [3.8, 4) is 0 Å². The molecular weight excluding hydrogens is 156 g/mol. The van der Waals surface area contributed by atoms with Crippen molar-refractivity contribution < 1.29 is 0 Å². The topological polar surface area (TPSA) is 15.3 Å². The van der Waals surface area contributed by atoms with Crippen molar-refractivity contribution in [2.45, 2.75) is 18.7 Å². The minimum atomic E-state index is 0.272. The molecule has 0 aromatic heterocycles. The van der Waals surface area contributed by atoms with Gasteiger partial charge in [0.25, 0.3) is 0 Å². The van der Waals surface area contributed by atoms with Crippen molar-refractivity contribution in [3.05, 3.63) is 0 Å². The monoisotopic (exact) mass is 174 g/mol. The molecule has 0 aromatic rings. The largest absolute Gasteiger partial charge is 0.257 e. The molecule has 1 aliphatic heterocycles. The average molecular weight is 174 g/mol. The summed E-state index contributed by atoms with van der Waals surface area (Å²) in [6.45, 7) is 3.48. The molecule has 1 heterocycles. The lowest BCUT2D eigenvalue weighted by Gasteiger charge is -2.23. The van der Waals surface area contributed by atoms with Gasteiger partial charge in [0.2, 0.25) is 0 Å². The Labute approximate surface area is 71.9 Å². The van der Waals surface area contributed by atoms with Crippen LogP contribution in [0.3, 0.4) is 0 Å². The van der Waals surface area contributed by atoms with E-state index in [1.165, 1.54) is 13.0 Å². The summed E-state index contributed by atoms with van der Waals surface area (Å²) in [6.07, 6.45) is 3.51. The predicted molar refractivity (Wildman–Crippen MR) is 54.0 cm³/mol. The maximum absolute atomic E-state index is 4.10. The molecule has 1 N–H and O–H groups in total. The second-order valence-electron chi connectivity index (χ2n) is 3.36. The molecule has 0 radical (unpaired) electrons. The molecule has 2 nitrogen and oxygen atoms in total. The van der Waals surface area contributed by atoms with Crippen LogP contribution < -0.4 is 5.43 Å². The van der Waals surface area contributed by atoms with Gasteiger partial charge in [-0.15, -0.1) is 0 Å². The van der Waals surface area contributed by atoms with Crippen LogP contribution in [0.1, 0.15) is 13.3 Å². The zero-order valence-corrected chi connectivity index (χ0v) is 8.45. The van der Waals surface area contributed by atoms with E-state index in [0.29, 0.717) is 5.37 Å². The first-order chi connectivity index (χ1) is 5.15. The van der Waals surface area contributed by atoms with Gasteiger partial charge in [0, 0.05) is 6.54 Å². The summed E-state index contributed by atoms with van der Waals surface area (Å²) in [5.74, 6) is 4.92. The molecule has 1 saturated heterocycles. The van der Waals surface area contributed by atoms with Crippen molar-refractivity contribution in [3.63, 3.8) is 0 Å². The first kappa shape index (κ1) is 9.23. The first-order valence-corrected chi connectivity index (χ1v) is 5.90. The zero-order valence-electron chi connectivity index (χ0n) is 7.63. The van der Waals surface area contributed by atoms with Gasteiger partial charge in [-0.05, 0) is 25.6 Å². The molecule has 3 atom stereocenters. The third-order valence-electron chi connectivity index (χ3n) is 2.21. The van der Waals surface area contributed by atoms with E-state index in [1.807, 2.05) is 7.05 Å². The molecule has 66 valence electrons. The number of hydrazine groups is 1. The Morgan fingerprint density at radius 2 is 2.27 bits per heavy atom. The Morgan fingerprint density at radius 1 is 1.64 bits per heavy atom. The molecule has 1 rings (SSSR count). The smallest absolute Gasteiger partial charge is 0.0643 e. The van der Waals surface area contributed by atoms with E-state index < -0.39 is 0 Å². The van der Waals surface area contributed by atoms with Crippen LogP contribution in [-0.2, 0) is 0 Å². The number of hydrogen-bond donors (Lipinski definition) is 1. The third kappa shape index (κ3) is 2.04.